The summed E-state index contributed by atoms with van der Waals surface area (Å²) >= 11 is 1.70. The minimum absolute atomic E-state index is 0.182. The van der Waals surface area contributed by atoms with Crippen molar-refractivity contribution in [3.05, 3.63) is 137 Å². The number of hydrogen-bond donors (Lipinski definition) is 1. The van der Waals surface area contributed by atoms with Gasteiger partial charge in [0.15, 0.2) is 5.13 Å². The van der Waals surface area contributed by atoms with Crippen LogP contribution in [-0.4, -0.2) is 24.6 Å². The van der Waals surface area contributed by atoms with Crippen LogP contribution in [0.4, 0.5) is 10.8 Å². The lowest BCUT2D eigenvalue weighted by Crippen LogP contribution is -2.25. The first kappa shape index (κ1) is 28.1. The fourth-order valence-corrected chi connectivity index (χ4v) is 5.49. The fraction of sp³-hybridized carbons (Fsp3) is 0.200. The summed E-state index contributed by atoms with van der Waals surface area (Å²) in [6.07, 6.45) is 2.05. The Balaban J connectivity index is 1.21. The lowest BCUT2D eigenvalue weighted by molar-refractivity contribution is -0.140. The summed E-state index contributed by atoms with van der Waals surface area (Å²) in [7, 11) is 1.42. The van der Waals surface area contributed by atoms with Crippen LogP contribution in [0.15, 0.2) is 115 Å². The molecule has 0 spiro atoms. The van der Waals surface area contributed by atoms with E-state index in [0.717, 1.165) is 53.7 Å². The second kappa shape index (κ2) is 14.3. The molecule has 0 amide bonds. The van der Waals surface area contributed by atoms with Gasteiger partial charge in [-0.15, -0.1) is 11.3 Å². The number of hydrogen-bond acceptors (Lipinski definition) is 6. The number of anilines is 2. The first-order valence-electron chi connectivity index (χ1n) is 13.9. The lowest BCUT2D eigenvalue weighted by Gasteiger charge is -2.22. The zero-order chi connectivity index (χ0) is 28.3. The molecule has 4 aromatic carbocycles. The number of aromatic nitrogens is 1. The molecule has 1 N–H and O–H groups in total. The molecule has 0 fully saturated rings. The zero-order valence-corrected chi connectivity index (χ0v) is 24.1. The van der Waals surface area contributed by atoms with E-state index >= 15 is 0 Å². The number of thiazole rings is 1. The molecule has 0 aliphatic carbocycles. The van der Waals surface area contributed by atoms with Crippen LogP contribution < -0.4 is 10.2 Å². The number of benzene rings is 4. The number of rotatable bonds is 13. The molecule has 5 nitrogen and oxygen atoms in total. The summed E-state index contributed by atoms with van der Waals surface area (Å²) in [6, 6.07) is 38.1. The fourth-order valence-electron chi connectivity index (χ4n) is 4.63. The van der Waals surface area contributed by atoms with E-state index in [-0.39, 0.29) is 5.97 Å². The van der Waals surface area contributed by atoms with Crippen molar-refractivity contribution in [2.75, 3.05) is 23.9 Å². The molecule has 0 aliphatic heterocycles. The third-order valence-corrected chi connectivity index (χ3v) is 7.94. The van der Waals surface area contributed by atoms with Crippen molar-refractivity contribution in [3.63, 3.8) is 0 Å². The number of nitrogens with one attached hydrogen (secondary N) is 1. The van der Waals surface area contributed by atoms with Crippen LogP contribution in [0.1, 0.15) is 28.7 Å². The van der Waals surface area contributed by atoms with E-state index < -0.39 is 0 Å². The van der Waals surface area contributed by atoms with Crippen LogP contribution in [0.5, 0.6) is 0 Å². The molecular weight excluding hydrogens is 526 g/mol. The van der Waals surface area contributed by atoms with Crippen molar-refractivity contribution in [1.29, 1.82) is 0 Å². The standard InChI is InChI=1S/C35H35N3O2S/c1-40-34(39)21-18-28-16-19-32(20-17-28)36-24-29-12-14-30(15-13-29)25-38(23-22-27-8-4-2-5-9-27)35-37-33(26-41-35)31-10-6-3-7-11-31/h2-17,19-20,26,36H,18,21-25H2,1H3. The topological polar surface area (TPSA) is 54.5 Å². The highest BCUT2D eigenvalue weighted by Gasteiger charge is 2.14. The first-order valence-corrected chi connectivity index (χ1v) is 14.8. The van der Waals surface area contributed by atoms with Crippen LogP contribution in [-0.2, 0) is 35.5 Å². The smallest absolute Gasteiger partial charge is 0.305 e. The molecule has 0 saturated carbocycles. The van der Waals surface area contributed by atoms with Crippen molar-refractivity contribution < 1.29 is 9.53 Å². The van der Waals surface area contributed by atoms with Gasteiger partial charge in [-0.05, 0) is 47.2 Å². The predicted molar refractivity (Wildman–Crippen MR) is 169 cm³/mol. The van der Waals surface area contributed by atoms with Gasteiger partial charge in [0.2, 0.25) is 0 Å². The Hall–Kier alpha value is -4.42. The maximum absolute atomic E-state index is 11.4. The number of aryl methyl sites for hydroxylation is 1. The van der Waals surface area contributed by atoms with Crippen LogP contribution in [0.2, 0.25) is 0 Å². The molecule has 0 aliphatic rings. The SMILES string of the molecule is COC(=O)CCc1ccc(NCc2ccc(CN(CCc3ccccc3)c3nc(-c4ccccc4)cs3)cc2)cc1. The highest BCUT2D eigenvalue weighted by Crippen LogP contribution is 2.29. The average molecular weight is 562 g/mol. The van der Waals surface area contributed by atoms with Gasteiger partial charge in [0.25, 0.3) is 0 Å². The molecule has 6 heteroatoms. The molecule has 5 aromatic rings. The van der Waals surface area contributed by atoms with Gasteiger partial charge in [0.1, 0.15) is 0 Å². The molecule has 208 valence electrons. The van der Waals surface area contributed by atoms with Crippen molar-refractivity contribution in [2.24, 2.45) is 0 Å². The van der Waals surface area contributed by atoms with Gasteiger partial charge >= 0.3 is 5.97 Å². The molecular formula is C35H35N3O2S. The number of ether oxygens (including phenoxy) is 1. The minimum Gasteiger partial charge on any atom is -0.469 e. The molecule has 0 radical (unpaired) electrons. The molecule has 0 unspecified atom stereocenters. The molecule has 5 rings (SSSR count). The third kappa shape index (κ3) is 8.29. The lowest BCUT2D eigenvalue weighted by atomic mass is 10.1. The van der Waals surface area contributed by atoms with Gasteiger partial charge in [-0.25, -0.2) is 4.98 Å². The minimum atomic E-state index is -0.182. The van der Waals surface area contributed by atoms with Crippen LogP contribution in [0, 0.1) is 0 Å². The van der Waals surface area contributed by atoms with E-state index in [9.17, 15) is 4.79 Å². The van der Waals surface area contributed by atoms with E-state index in [1.807, 2.05) is 6.07 Å². The van der Waals surface area contributed by atoms with Gasteiger partial charge in [0.05, 0.1) is 12.8 Å². The van der Waals surface area contributed by atoms with Crippen LogP contribution in [0.25, 0.3) is 11.3 Å². The summed E-state index contributed by atoms with van der Waals surface area (Å²) in [5.74, 6) is -0.182. The van der Waals surface area contributed by atoms with Gasteiger partial charge < -0.3 is 15.0 Å². The molecule has 1 aromatic heterocycles. The molecule has 1 heterocycles. The van der Waals surface area contributed by atoms with E-state index in [1.54, 1.807) is 11.3 Å². The number of nitrogens with zero attached hydrogens (tertiary/aromatic N) is 2. The van der Waals surface area contributed by atoms with E-state index in [0.29, 0.717) is 12.8 Å². The molecule has 0 saturated heterocycles. The Kier molecular flexibility index (Phi) is 9.80. The van der Waals surface area contributed by atoms with Crippen LogP contribution in [0.3, 0.4) is 0 Å². The first-order chi connectivity index (χ1) is 20.2. The maximum Gasteiger partial charge on any atom is 0.305 e. The highest BCUT2D eigenvalue weighted by atomic mass is 32.1. The van der Waals surface area contributed by atoms with E-state index in [4.69, 9.17) is 9.72 Å². The number of methoxy groups -OCH3 is 1. The van der Waals surface area contributed by atoms with Crippen molar-refractivity contribution >= 4 is 28.1 Å². The Labute approximate surface area is 246 Å². The summed E-state index contributed by atoms with van der Waals surface area (Å²) in [4.78, 5) is 18.8. The van der Waals surface area contributed by atoms with Gasteiger partial charge in [-0.3, -0.25) is 4.79 Å². The second-order valence-corrected chi connectivity index (χ2v) is 10.8. The Morgan fingerprint density at radius 3 is 2.12 bits per heavy atom. The van der Waals surface area contributed by atoms with Gasteiger partial charge in [-0.1, -0.05) is 97.1 Å². The number of carbonyl (C=O) groups is 1. The maximum atomic E-state index is 11.4. The predicted octanol–water partition coefficient (Wildman–Crippen LogP) is 7.78. The Morgan fingerprint density at radius 1 is 0.780 bits per heavy atom. The number of carbonyl (C=O) groups excluding carboxylic acids is 1. The summed E-state index contributed by atoms with van der Waals surface area (Å²) in [5, 5.41) is 6.69. The number of esters is 1. The van der Waals surface area contributed by atoms with Crippen LogP contribution >= 0.6 is 11.3 Å². The molecule has 41 heavy (non-hydrogen) atoms. The normalized spacial score (nSPS) is 10.8. The second-order valence-electron chi connectivity index (χ2n) is 9.98. The average Bonchev–Trinajstić information content (AvgIpc) is 3.53. The van der Waals surface area contributed by atoms with Gasteiger partial charge in [0, 0.05) is 42.7 Å². The summed E-state index contributed by atoms with van der Waals surface area (Å²) in [6.45, 7) is 2.44. The summed E-state index contributed by atoms with van der Waals surface area (Å²) < 4.78 is 4.73. The zero-order valence-electron chi connectivity index (χ0n) is 23.3. The van der Waals surface area contributed by atoms with Crippen molar-refractivity contribution in [3.8, 4) is 11.3 Å². The largest absolute Gasteiger partial charge is 0.469 e. The Morgan fingerprint density at radius 2 is 1.41 bits per heavy atom. The van der Waals surface area contributed by atoms with Crippen molar-refractivity contribution in [2.45, 2.75) is 32.4 Å². The van der Waals surface area contributed by atoms with E-state index in [2.05, 4.69) is 119 Å². The quantitative estimate of drug-likeness (QED) is 0.149. The molecule has 0 atom stereocenters. The highest BCUT2D eigenvalue weighted by molar-refractivity contribution is 7.14. The van der Waals surface area contributed by atoms with Crippen molar-refractivity contribution in [1.82, 2.24) is 4.98 Å². The van der Waals surface area contributed by atoms with Gasteiger partial charge in [-0.2, -0.15) is 0 Å². The third-order valence-electron chi connectivity index (χ3n) is 7.04. The Bertz CT molecular complexity index is 1500. The summed E-state index contributed by atoms with van der Waals surface area (Å²) in [5.41, 5.74) is 8.15. The monoisotopic (exact) mass is 561 g/mol. The van der Waals surface area contributed by atoms with E-state index in [1.165, 1.54) is 23.8 Å². The molecule has 0 bridgehead atoms.